The molecule has 1 saturated heterocycles. The Kier molecular flexibility index (Phi) is 6.78. The summed E-state index contributed by atoms with van der Waals surface area (Å²) in [5, 5.41) is 4.23. The monoisotopic (exact) mass is 465 g/mol. The number of rotatable bonds is 6. The Labute approximate surface area is 196 Å². The van der Waals surface area contributed by atoms with Gasteiger partial charge in [0.15, 0.2) is 0 Å². The Morgan fingerprint density at radius 2 is 1.59 bits per heavy atom. The molecule has 10 heteroatoms. The molecule has 10 nitrogen and oxygen atoms in total. The fourth-order valence-corrected chi connectivity index (χ4v) is 3.81. The minimum atomic E-state index is -0.726. The summed E-state index contributed by atoms with van der Waals surface area (Å²) in [6.07, 6.45) is 0. The molecule has 1 aliphatic rings. The molecule has 2 aromatic carbocycles. The number of hydrogen-bond donors (Lipinski definition) is 0. The van der Waals surface area contributed by atoms with Crippen LogP contribution in [0, 0.1) is 0 Å². The van der Waals surface area contributed by atoms with Gasteiger partial charge in [-0.15, -0.1) is 0 Å². The highest BCUT2D eigenvalue weighted by Gasteiger charge is 2.27. The van der Waals surface area contributed by atoms with E-state index in [0.29, 0.717) is 48.9 Å². The van der Waals surface area contributed by atoms with Crippen molar-refractivity contribution in [3.05, 3.63) is 80.6 Å². The second-order valence-electron chi connectivity index (χ2n) is 8.08. The highest BCUT2D eigenvalue weighted by atomic mass is 16.5. The normalized spacial score (nSPS) is 14.1. The lowest BCUT2D eigenvalue weighted by molar-refractivity contribution is 0.0652. The number of likely N-dealkylation sites (N-methyl/N-ethyl adjacent to an activating group) is 1. The molecule has 34 heavy (non-hydrogen) atoms. The van der Waals surface area contributed by atoms with Gasteiger partial charge in [0.2, 0.25) is 5.69 Å². The Morgan fingerprint density at radius 1 is 0.941 bits per heavy atom. The predicted molar refractivity (Wildman–Crippen MR) is 126 cm³/mol. The van der Waals surface area contributed by atoms with Gasteiger partial charge in [0.05, 0.1) is 26.5 Å². The molecule has 0 bridgehead atoms. The van der Waals surface area contributed by atoms with Crippen molar-refractivity contribution in [2.24, 2.45) is 0 Å². The maximum atomic E-state index is 13.4. The summed E-state index contributed by atoms with van der Waals surface area (Å²) in [5.74, 6) is 0.624. The minimum absolute atomic E-state index is 0.0373. The van der Waals surface area contributed by atoms with Gasteiger partial charge in [-0.2, -0.15) is 9.78 Å². The molecule has 3 aromatic rings. The number of methoxy groups -OCH3 is 2. The molecule has 1 aromatic heterocycles. The van der Waals surface area contributed by atoms with Crippen LogP contribution in [0.25, 0.3) is 5.69 Å². The first-order valence-electron chi connectivity index (χ1n) is 10.9. The van der Waals surface area contributed by atoms with Crippen LogP contribution in [0.4, 0.5) is 0 Å². The molecule has 1 fully saturated rings. The van der Waals surface area contributed by atoms with E-state index >= 15 is 0 Å². The third-order valence-electron chi connectivity index (χ3n) is 5.83. The molecule has 0 aliphatic carbocycles. The van der Waals surface area contributed by atoms with E-state index in [9.17, 15) is 14.4 Å². The van der Waals surface area contributed by atoms with Crippen LogP contribution < -0.4 is 20.7 Å². The fraction of sp³-hybridized carbons (Fsp3) is 0.333. The molecule has 4 rings (SSSR count). The summed E-state index contributed by atoms with van der Waals surface area (Å²) in [4.78, 5) is 43.8. The number of piperazine rings is 1. The first-order chi connectivity index (χ1) is 16.4. The zero-order chi connectivity index (χ0) is 24.2. The first kappa shape index (κ1) is 23.2. The van der Waals surface area contributed by atoms with Crippen LogP contribution in [0.15, 0.2) is 58.1 Å². The number of carbonyl (C=O) groups excluding carboxylic acids is 1. The van der Waals surface area contributed by atoms with Crippen molar-refractivity contribution in [1.82, 2.24) is 24.1 Å². The molecule has 178 valence electrons. The Bertz CT molecular complexity index is 1310. The Balaban J connectivity index is 1.85. The molecule has 0 N–H and O–H groups in total. The number of nitrogens with zero attached hydrogens (tertiary/aromatic N) is 5. The summed E-state index contributed by atoms with van der Waals surface area (Å²) >= 11 is 0. The smallest absolute Gasteiger partial charge is 0.352 e. The van der Waals surface area contributed by atoms with E-state index in [4.69, 9.17) is 9.47 Å². The number of carbonyl (C=O) groups is 1. The fourth-order valence-electron chi connectivity index (χ4n) is 3.81. The predicted octanol–water partition coefficient (Wildman–Crippen LogP) is 0.847. The van der Waals surface area contributed by atoms with Crippen LogP contribution in [0.1, 0.15) is 16.1 Å². The maximum absolute atomic E-state index is 13.4. The van der Waals surface area contributed by atoms with E-state index < -0.39 is 17.2 Å². The van der Waals surface area contributed by atoms with Crippen LogP contribution in [0.2, 0.25) is 0 Å². The zero-order valence-electron chi connectivity index (χ0n) is 19.4. The summed E-state index contributed by atoms with van der Waals surface area (Å²) in [6, 6.07) is 13.8. The van der Waals surface area contributed by atoms with Gasteiger partial charge < -0.3 is 19.3 Å². The molecule has 1 amide bonds. The number of hydrogen-bond acceptors (Lipinski definition) is 7. The van der Waals surface area contributed by atoms with Crippen LogP contribution in [-0.4, -0.2) is 77.5 Å². The van der Waals surface area contributed by atoms with Gasteiger partial charge in [-0.05, 0) is 36.9 Å². The Hall–Kier alpha value is -3.92. The molecular formula is C24H27N5O5. The summed E-state index contributed by atoms with van der Waals surface area (Å²) < 4.78 is 12.6. The van der Waals surface area contributed by atoms with E-state index in [0.717, 1.165) is 9.25 Å². The Morgan fingerprint density at radius 3 is 2.26 bits per heavy atom. The lowest BCUT2D eigenvalue weighted by atomic mass is 10.2. The van der Waals surface area contributed by atoms with Crippen molar-refractivity contribution in [2.75, 3.05) is 47.4 Å². The van der Waals surface area contributed by atoms with Crippen LogP contribution >= 0.6 is 0 Å². The van der Waals surface area contributed by atoms with Crippen molar-refractivity contribution in [2.45, 2.75) is 6.54 Å². The van der Waals surface area contributed by atoms with Crippen LogP contribution in [-0.2, 0) is 6.54 Å². The third-order valence-corrected chi connectivity index (χ3v) is 5.83. The molecule has 1 aliphatic heterocycles. The van der Waals surface area contributed by atoms with E-state index in [-0.39, 0.29) is 12.2 Å². The van der Waals surface area contributed by atoms with Crippen molar-refractivity contribution < 1.29 is 14.3 Å². The molecule has 0 spiro atoms. The summed E-state index contributed by atoms with van der Waals surface area (Å²) in [5.41, 5.74) is -0.613. The molecule has 0 atom stereocenters. The zero-order valence-corrected chi connectivity index (χ0v) is 19.4. The van der Waals surface area contributed by atoms with E-state index in [2.05, 4.69) is 10.00 Å². The van der Waals surface area contributed by atoms with Crippen molar-refractivity contribution >= 4 is 5.91 Å². The number of ether oxygens (including phenoxy) is 2. The summed E-state index contributed by atoms with van der Waals surface area (Å²) in [6.45, 7) is 2.30. The second kappa shape index (κ2) is 9.92. The minimum Gasteiger partial charge on any atom is -0.497 e. The van der Waals surface area contributed by atoms with Crippen molar-refractivity contribution in [3.8, 4) is 17.2 Å². The van der Waals surface area contributed by atoms with Crippen LogP contribution in [0.5, 0.6) is 11.5 Å². The molecule has 0 unspecified atom stereocenters. The van der Waals surface area contributed by atoms with Crippen molar-refractivity contribution in [3.63, 3.8) is 0 Å². The maximum Gasteiger partial charge on any atom is 0.352 e. The quantitative estimate of drug-likeness (QED) is 0.532. The van der Waals surface area contributed by atoms with E-state index in [1.807, 2.05) is 7.05 Å². The molecular weight excluding hydrogens is 438 g/mol. The topological polar surface area (TPSA) is 98.9 Å². The largest absolute Gasteiger partial charge is 0.497 e. The van der Waals surface area contributed by atoms with Crippen molar-refractivity contribution in [1.29, 1.82) is 0 Å². The lowest BCUT2D eigenvalue weighted by Gasteiger charge is -2.32. The highest BCUT2D eigenvalue weighted by Crippen LogP contribution is 2.15. The molecule has 0 radical (unpaired) electrons. The van der Waals surface area contributed by atoms with Crippen LogP contribution in [0.3, 0.4) is 0 Å². The second-order valence-corrected chi connectivity index (χ2v) is 8.08. The van der Waals surface area contributed by atoms with Gasteiger partial charge in [0, 0.05) is 32.2 Å². The summed E-state index contributed by atoms with van der Waals surface area (Å²) in [7, 11) is 5.03. The average molecular weight is 466 g/mol. The van der Waals surface area contributed by atoms with Gasteiger partial charge >= 0.3 is 5.69 Å². The highest BCUT2D eigenvalue weighted by molar-refractivity contribution is 5.92. The number of amides is 1. The van der Waals surface area contributed by atoms with Gasteiger partial charge in [-0.25, -0.2) is 4.79 Å². The third kappa shape index (κ3) is 4.72. The molecule has 0 saturated carbocycles. The van der Waals surface area contributed by atoms with Gasteiger partial charge in [-0.3, -0.25) is 14.2 Å². The first-order valence-corrected chi connectivity index (χ1v) is 10.9. The van der Waals surface area contributed by atoms with Gasteiger partial charge in [-0.1, -0.05) is 18.2 Å². The average Bonchev–Trinajstić information content (AvgIpc) is 2.87. The van der Waals surface area contributed by atoms with Gasteiger partial charge in [0.1, 0.15) is 11.5 Å². The number of aromatic nitrogens is 3. The van der Waals surface area contributed by atoms with Gasteiger partial charge in [0.25, 0.3) is 11.5 Å². The standard InChI is InChI=1S/C24H27N5O5/c1-26-10-12-27(13-11-26)22(30)21-23(31)28(16-17-6-4-8-19(14-17)33-2)24(32)29(25-21)18-7-5-9-20(15-18)34-3/h4-9,14-15H,10-13,16H2,1-3H3. The number of benzene rings is 2. The van der Waals surface area contributed by atoms with E-state index in [1.54, 1.807) is 60.5 Å². The SMILES string of the molecule is COc1cccc(Cn2c(=O)c(C(=O)N3CCN(C)CC3)nn(-c3cccc(OC)c3)c2=O)c1. The lowest BCUT2D eigenvalue weighted by Crippen LogP contribution is -2.51. The molecule has 2 heterocycles. The van der Waals surface area contributed by atoms with E-state index in [1.165, 1.54) is 7.11 Å².